The highest BCUT2D eigenvalue weighted by Crippen LogP contribution is 2.35. The maximum atomic E-state index is 13.7. The number of rotatable bonds is 12. The Morgan fingerprint density at radius 2 is 1.83 bits per heavy atom. The number of nitrogens with zero attached hydrogens (tertiary/aromatic N) is 3. The summed E-state index contributed by atoms with van der Waals surface area (Å²) in [5, 5.41) is 18.2. The van der Waals surface area contributed by atoms with Crippen molar-refractivity contribution in [1.29, 1.82) is 0 Å². The van der Waals surface area contributed by atoms with E-state index in [0.717, 1.165) is 31.1 Å². The highest BCUT2D eigenvalue weighted by Gasteiger charge is 2.21. The van der Waals surface area contributed by atoms with E-state index in [-0.39, 0.29) is 18.1 Å². The highest BCUT2D eigenvalue weighted by atomic mass is 19.1. The van der Waals surface area contributed by atoms with Crippen LogP contribution in [-0.2, 0) is 13.6 Å². The first-order valence-electron chi connectivity index (χ1n) is 13.5. The molecule has 0 amide bonds. The van der Waals surface area contributed by atoms with Gasteiger partial charge < -0.3 is 15.7 Å². The lowest BCUT2D eigenvalue weighted by Crippen LogP contribution is -2.16. The quantitative estimate of drug-likeness (QED) is 0.101. The molecule has 0 atom stereocenters. The molecule has 3 rings (SSSR count). The Kier molecular flexibility index (Phi) is 15.3. The van der Waals surface area contributed by atoms with Gasteiger partial charge in [0.2, 0.25) is 0 Å². The fourth-order valence-corrected chi connectivity index (χ4v) is 3.83. The fraction of sp³-hybridized carbons (Fsp3) is 0.312. The smallest absolute Gasteiger partial charge is 0.181 e. The predicted molar refractivity (Wildman–Crippen MR) is 167 cm³/mol. The second-order valence-corrected chi connectivity index (χ2v) is 8.52. The highest BCUT2D eigenvalue weighted by molar-refractivity contribution is 6.00. The van der Waals surface area contributed by atoms with Crippen molar-refractivity contribution in [3.63, 3.8) is 0 Å². The van der Waals surface area contributed by atoms with E-state index in [2.05, 4.69) is 27.3 Å². The first-order chi connectivity index (χ1) is 19.8. The monoisotopic (exact) mass is 563 g/mol. The molecule has 220 valence electrons. The lowest BCUT2D eigenvalue weighted by molar-refractivity contribution is 0.100. The Labute approximate surface area is 242 Å². The summed E-state index contributed by atoms with van der Waals surface area (Å²) in [6.45, 7) is 14.4. The number of aryl methyl sites for hydroxylation is 2. The molecule has 0 aliphatic carbocycles. The van der Waals surface area contributed by atoms with E-state index in [1.54, 1.807) is 62.1 Å². The number of aromatic nitrogens is 2. The summed E-state index contributed by atoms with van der Waals surface area (Å²) < 4.78 is 15.3. The molecule has 0 aliphatic heterocycles. The number of hydrogen-bond acceptors (Lipinski definition) is 7. The van der Waals surface area contributed by atoms with Crippen molar-refractivity contribution in [2.45, 2.75) is 47.6 Å². The normalized spacial score (nSPS) is 10.7. The molecule has 0 aliphatic rings. The number of allylic oxidation sites excluding steroid dienone is 2. The van der Waals surface area contributed by atoms with Crippen molar-refractivity contribution in [1.82, 2.24) is 15.1 Å². The number of nitrogens with one attached hydrogen (secondary N) is 2. The summed E-state index contributed by atoms with van der Waals surface area (Å²) in [6.07, 6.45) is 5.19. The van der Waals surface area contributed by atoms with E-state index in [1.807, 2.05) is 32.9 Å². The van der Waals surface area contributed by atoms with Crippen molar-refractivity contribution in [3.8, 4) is 0 Å². The van der Waals surface area contributed by atoms with Crippen molar-refractivity contribution >= 4 is 35.4 Å². The van der Waals surface area contributed by atoms with E-state index < -0.39 is 0 Å². The number of hydrogen-bond donors (Lipinski definition) is 3. The van der Waals surface area contributed by atoms with Crippen LogP contribution >= 0.6 is 0 Å². The molecule has 0 spiro atoms. The number of anilines is 1. The third kappa shape index (κ3) is 9.65. The molecule has 0 saturated heterocycles. The van der Waals surface area contributed by atoms with Crippen LogP contribution in [0.5, 0.6) is 0 Å². The summed E-state index contributed by atoms with van der Waals surface area (Å²) in [7, 11) is 2.77. The van der Waals surface area contributed by atoms with Crippen LogP contribution in [0.25, 0.3) is 5.57 Å². The van der Waals surface area contributed by atoms with Crippen molar-refractivity contribution in [2.75, 3.05) is 19.0 Å². The number of ketones is 1. The number of aldehydes is 1. The number of carbonyl (C=O) groups excluding carboxylic acids is 2. The average Bonchev–Trinajstić information content (AvgIpc) is 3.32. The minimum Gasteiger partial charge on any atom is -0.400 e. The van der Waals surface area contributed by atoms with Crippen LogP contribution in [0.4, 0.5) is 15.9 Å². The second kappa shape index (κ2) is 18.1. The molecule has 0 bridgehead atoms. The Hall–Kier alpha value is -4.37. The number of benzene rings is 2. The van der Waals surface area contributed by atoms with Gasteiger partial charge in [0.15, 0.2) is 11.6 Å². The third-order valence-corrected chi connectivity index (χ3v) is 5.79. The molecule has 1 heterocycles. The van der Waals surface area contributed by atoms with Crippen LogP contribution in [0.2, 0.25) is 0 Å². The zero-order valence-corrected chi connectivity index (χ0v) is 25.1. The van der Waals surface area contributed by atoms with E-state index in [9.17, 15) is 14.0 Å². The van der Waals surface area contributed by atoms with Gasteiger partial charge in [-0.05, 0) is 37.5 Å². The maximum absolute atomic E-state index is 13.7. The maximum Gasteiger partial charge on any atom is 0.181 e. The topological polar surface area (TPSA) is 109 Å². The van der Waals surface area contributed by atoms with Crippen LogP contribution in [0.15, 0.2) is 65.8 Å². The zero-order chi connectivity index (χ0) is 30.9. The Morgan fingerprint density at radius 1 is 1.17 bits per heavy atom. The average molecular weight is 564 g/mol. The van der Waals surface area contributed by atoms with Gasteiger partial charge in [-0.25, -0.2) is 4.39 Å². The number of carbonyl (C=O) groups is 2. The summed E-state index contributed by atoms with van der Waals surface area (Å²) in [5.41, 5.74) is 5.15. The summed E-state index contributed by atoms with van der Waals surface area (Å²) in [4.78, 5) is 28.1. The molecule has 0 saturated carbocycles. The minimum absolute atomic E-state index is 0.0257. The molecule has 0 unspecified atom stereocenters. The summed E-state index contributed by atoms with van der Waals surface area (Å²) in [5.74, 6) is 0.218. The minimum atomic E-state index is -0.232. The molecular formula is C32H42FN5O3. The van der Waals surface area contributed by atoms with Crippen molar-refractivity contribution in [2.24, 2.45) is 12.0 Å². The molecule has 3 N–H and O–H groups in total. The lowest BCUT2D eigenvalue weighted by Gasteiger charge is -2.14. The molecule has 0 radical (unpaired) electrons. The molecule has 9 heteroatoms. The van der Waals surface area contributed by atoms with E-state index in [0.29, 0.717) is 46.0 Å². The predicted octanol–water partition coefficient (Wildman–Crippen LogP) is 6.43. The second-order valence-electron chi connectivity index (χ2n) is 8.52. The SMILES string of the molecule is C=C(/C(=C/CC)NCc1ccc(F)c(C)c1)c1nn(C)c(NCC(=O)c2ccc(C=O)cc2)c1N=CC.CC.CO. The van der Waals surface area contributed by atoms with Gasteiger partial charge in [0.1, 0.15) is 23.5 Å². The van der Waals surface area contributed by atoms with Crippen LogP contribution in [-0.4, -0.2) is 46.8 Å². The molecule has 1 aromatic heterocycles. The van der Waals surface area contributed by atoms with Gasteiger partial charge in [0.05, 0.1) is 6.54 Å². The number of aliphatic hydroxyl groups excluding tert-OH is 1. The van der Waals surface area contributed by atoms with Gasteiger partial charge in [-0.2, -0.15) is 5.10 Å². The number of aliphatic hydroxyl groups is 1. The zero-order valence-electron chi connectivity index (χ0n) is 25.1. The van der Waals surface area contributed by atoms with Gasteiger partial charge in [-0.15, -0.1) is 0 Å². The van der Waals surface area contributed by atoms with E-state index in [1.165, 1.54) is 6.07 Å². The summed E-state index contributed by atoms with van der Waals surface area (Å²) in [6, 6.07) is 11.5. The Morgan fingerprint density at radius 3 is 2.39 bits per heavy atom. The number of aliphatic imine (C=N–C) groups is 1. The largest absolute Gasteiger partial charge is 0.400 e. The Balaban J connectivity index is 0.00000201. The molecule has 3 aromatic rings. The van der Waals surface area contributed by atoms with Crippen LogP contribution in [0.1, 0.15) is 71.7 Å². The molecule has 41 heavy (non-hydrogen) atoms. The van der Waals surface area contributed by atoms with Crippen LogP contribution in [0, 0.1) is 12.7 Å². The van der Waals surface area contributed by atoms with Gasteiger partial charge in [-0.3, -0.25) is 19.3 Å². The van der Waals surface area contributed by atoms with Crippen molar-refractivity contribution in [3.05, 3.63) is 94.6 Å². The van der Waals surface area contributed by atoms with Crippen molar-refractivity contribution < 1.29 is 19.1 Å². The first kappa shape index (κ1) is 34.7. The fourth-order valence-electron chi connectivity index (χ4n) is 3.83. The standard InChI is InChI=1S/C29H32FN5O2.C2H6.CH4O/c1-6-8-25(32-16-22-11-14-24(30)19(3)15-22)20(4)27-28(31-7-2)29(35(5)34-27)33-17-26(37)23-12-9-21(18-36)10-13-23;2*1-2/h7-15,18,32-33H,4,6,16-17H2,1-3,5H3;1-2H3;2H,1H3/b25-8-,31-7?;;. The van der Waals surface area contributed by atoms with Gasteiger partial charge in [0, 0.05) is 49.3 Å². The van der Waals surface area contributed by atoms with Crippen LogP contribution < -0.4 is 10.6 Å². The Bertz CT molecular complexity index is 1360. The number of Topliss-reactive ketones (excluding diaryl/α,β-unsaturated/α-hetero) is 1. The van der Waals surface area contributed by atoms with Gasteiger partial charge in [0.25, 0.3) is 0 Å². The lowest BCUT2D eigenvalue weighted by atomic mass is 10.1. The first-order valence-corrected chi connectivity index (χ1v) is 13.5. The molecule has 2 aromatic carbocycles. The van der Waals surface area contributed by atoms with E-state index in [4.69, 9.17) is 5.11 Å². The van der Waals surface area contributed by atoms with E-state index >= 15 is 0 Å². The molecule has 8 nitrogen and oxygen atoms in total. The third-order valence-electron chi connectivity index (χ3n) is 5.79. The van der Waals surface area contributed by atoms with Gasteiger partial charge in [-0.1, -0.05) is 69.8 Å². The molecular weight excluding hydrogens is 521 g/mol. The number of halogens is 1. The molecule has 0 fully saturated rings. The summed E-state index contributed by atoms with van der Waals surface area (Å²) >= 11 is 0. The van der Waals surface area contributed by atoms with Crippen LogP contribution in [0.3, 0.4) is 0 Å². The van der Waals surface area contributed by atoms with Gasteiger partial charge >= 0.3 is 0 Å².